The van der Waals surface area contributed by atoms with E-state index in [0.29, 0.717) is 27.5 Å². The van der Waals surface area contributed by atoms with Crippen molar-refractivity contribution in [3.63, 3.8) is 0 Å². The summed E-state index contributed by atoms with van der Waals surface area (Å²) in [4.78, 5) is 14.6. The smallest absolute Gasteiger partial charge is 0.348 e. The van der Waals surface area contributed by atoms with Gasteiger partial charge in [-0.15, -0.1) is 11.3 Å². The molecule has 26 heavy (non-hydrogen) atoms. The van der Waals surface area contributed by atoms with E-state index in [1.807, 2.05) is 30.1 Å². The van der Waals surface area contributed by atoms with Gasteiger partial charge in [-0.2, -0.15) is 5.26 Å². The van der Waals surface area contributed by atoms with Gasteiger partial charge in [0.25, 0.3) is 0 Å². The molecule has 0 atom stereocenters. The molecule has 0 unspecified atom stereocenters. The largest absolute Gasteiger partial charge is 0.462 e. The number of thiophene rings is 1. The van der Waals surface area contributed by atoms with Gasteiger partial charge < -0.3 is 15.4 Å². The third-order valence-corrected chi connectivity index (χ3v) is 5.22. The number of benzene rings is 2. The molecule has 3 rings (SSSR count). The fourth-order valence-corrected chi connectivity index (χ4v) is 3.79. The zero-order chi connectivity index (χ0) is 18.7. The number of nitriles is 1. The molecule has 0 bridgehead atoms. The van der Waals surface area contributed by atoms with Crippen LogP contribution >= 0.6 is 11.3 Å². The van der Waals surface area contributed by atoms with Gasteiger partial charge in [0.2, 0.25) is 0 Å². The Labute approximate surface area is 156 Å². The first-order valence-corrected chi connectivity index (χ1v) is 9.05. The third kappa shape index (κ3) is 3.35. The summed E-state index contributed by atoms with van der Waals surface area (Å²) in [5, 5.41) is 12.1. The number of ether oxygens (including phenoxy) is 1. The molecule has 1 aromatic heterocycles. The summed E-state index contributed by atoms with van der Waals surface area (Å²) in [5.41, 5.74) is 7.91. The van der Waals surface area contributed by atoms with E-state index in [-0.39, 0.29) is 6.61 Å². The molecule has 132 valence electrons. The first-order valence-electron chi connectivity index (χ1n) is 8.23. The van der Waals surface area contributed by atoms with E-state index in [0.717, 1.165) is 27.8 Å². The standard InChI is InChI=1S/C20H19N3O2S/c1-3-25-20(24)18-17(16(11-21)19(22)26-18)12-23(2)15-9-8-13-6-4-5-7-14(13)10-15/h4-10H,3,12,22H2,1-2H3. The molecule has 0 aliphatic carbocycles. The van der Waals surface area contributed by atoms with Crippen LogP contribution in [0.15, 0.2) is 42.5 Å². The van der Waals surface area contributed by atoms with Crippen molar-refractivity contribution in [3.8, 4) is 6.07 Å². The maximum absolute atomic E-state index is 12.2. The van der Waals surface area contributed by atoms with Crippen molar-refractivity contribution >= 4 is 38.8 Å². The molecule has 2 aromatic carbocycles. The van der Waals surface area contributed by atoms with E-state index in [2.05, 4.69) is 30.3 Å². The van der Waals surface area contributed by atoms with Crippen molar-refractivity contribution in [2.75, 3.05) is 24.3 Å². The number of nitrogens with two attached hydrogens (primary N) is 1. The van der Waals surface area contributed by atoms with Crippen molar-refractivity contribution in [2.24, 2.45) is 0 Å². The van der Waals surface area contributed by atoms with Gasteiger partial charge in [-0.05, 0) is 29.8 Å². The highest BCUT2D eigenvalue weighted by molar-refractivity contribution is 7.18. The normalized spacial score (nSPS) is 10.5. The second-order valence-electron chi connectivity index (χ2n) is 5.87. The van der Waals surface area contributed by atoms with Crippen LogP contribution in [0.4, 0.5) is 10.7 Å². The highest BCUT2D eigenvalue weighted by atomic mass is 32.1. The zero-order valence-electron chi connectivity index (χ0n) is 14.7. The Morgan fingerprint density at radius 1 is 1.27 bits per heavy atom. The number of esters is 1. The molecule has 2 N–H and O–H groups in total. The Balaban J connectivity index is 1.96. The van der Waals surface area contributed by atoms with Crippen LogP contribution in [-0.4, -0.2) is 19.6 Å². The van der Waals surface area contributed by atoms with E-state index in [9.17, 15) is 10.1 Å². The molecule has 0 aliphatic rings. The summed E-state index contributed by atoms with van der Waals surface area (Å²) in [5.74, 6) is -0.437. The van der Waals surface area contributed by atoms with Gasteiger partial charge in [0.1, 0.15) is 15.9 Å². The first-order chi connectivity index (χ1) is 12.5. The van der Waals surface area contributed by atoms with Gasteiger partial charge in [0.05, 0.1) is 12.2 Å². The summed E-state index contributed by atoms with van der Waals surface area (Å²) in [6, 6.07) is 16.4. The second kappa shape index (κ2) is 7.46. The van der Waals surface area contributed by atoms with Crippen LogP contribution in [-0.2, 0) is 11.3 Å². The number of nitrogens with zero attached hydrogens (tertiary/aromatic N) is 2. The number of anilines is 2. The maximum Gasteiger partial charge on any atom is 0.348 e. The maximum atomic E-state index is 12.2. The monoisotopic (exact) mass is 365 g/mol. The van der Waals surface area contributed by atoms with Crippen LogP contribution in [0.5, 0.6) is 0 Å². The van der Waals surface area contributed by atoms with Gasteiger partial charge >= 0.3 is 5.97 Å². The molecule has 0 fully saturated rings. The summed E-state index contributed by atoms with van der Waals surface area (Å²) < 4.78 is 5.11. The van der Waals surface area contributed by atoms with Crippen LogP contribution in [0.3, 0.4) is 0 Å². The first kappa shape index (κ1) is 17.8. The van der Waals surface area contributed by atoms with Crippen LogP contribution < -0.4 is 10.6 Å². The Morgan fingerprint density at radius 3 is 2.69 bits per heavy atom. The van der Waals surface area contributed by atoms with Gasteiger partial charge in [0, 0.05) is 24.8 Å². The SMILES string of the molecule is CCOC(=O)c1sc(N)c(C#N)c1CN(C)c1ccc2ccccc2c1. The molecular formula is C20H19N3O2S. The topological polar surface area (TPSA) is 79.3 Å². The van der Waals surface area contributed by atoms with E-state index >= 15 is 0 Å². The Kier molecular flexibility index (Phi) is 5.10. The number of carbonyl (C=O) groups is 1. The summed E-state index contributed by atoms with van der Waals surface area (Å²) in [7, 11) is 1.92. The van der Waals surface area contributed by atoms with Crippen LogP contribution in [0.2, 0.25) is 0 Å². The lowest BCUT2D eigenvalue weighted by molar-refractivity contribution is 0.0531. The number of hydrogen-bond acceptors (Lipinski definition) is 6. The van der Waals surface area contributed by atoms with Crippen molar-refractivity contribution in [2.45, 2.75) is 13.5 Å². The number of rotatable bonds is 5. The highest BCUT2D eigenvalue weighted by Gasteiger charge is 2.23. The molecule has 0 saturated carbocycles. The zero-order valence-corrected chi connectivity index (χ0v) is 15.5. The lowest BCUT2D eigenvalue weighted by Crippen LogP contribution is -2.19. The average molecular weight is 365 g/mol. The number of hydrogen-bond donors (Lipinski definition) is 1. The van der Waals surface area contributed by atoms with E-state index < -0.39 is 5.97 Å². The molecule has 0 amide bonds. The Bertz CT molecular complexity index is 1000. The Morgan fingerprint density at radius 2 is 2.00 bits per heavy atom. The predicted octanol–water partition coefficient (Wildman–Crippen LogP) is 4.17. The fourth-order valence-electron chi connectivity index (χ4n) is 2.86. The molecule has 5 nitrogen and oxygen atoms in total. The Hall–Kier alpha value is -3.04. The lowest BCUT2D eigenvalue weighted by atomic mass is 10.1. The predicted molar refractivity (Wildman–Crippen MR) is 105 cm³/mol. The average Bonchev–Trinajstić information content (AvgIpc) is 2.96. The van der Waals surface area contributed by atoms with Gasteiger partial charge in [-0.1, -0.05) is 30.3 Å². The van der Waals surface area contributed by atoms with Crippen LogP contribution in [0.1, 0.15) is 27.7 Å². The minimum Gasteiger partial charge on any atom is -0.462 e. The minimum atomic E-state index is -0.437. The third-order valence-electron chi connectivity index (χ3n) is 4.18. The molecular weight excluding hydrogens is 346 g/mol. The molecule has 0 spiro atoms. The quantitative estimate of drug-likeness (QED) is 0.687. The van der Waals surface area contributed by atoms with Gasteiger partial charge in [0.15, 0.2) is 0 Å². The van der Waals surface area contributed by atoms with Crippen LogP contribution in [0, 0.1) is 11.3 Å². The molecule has 1 heterocycles. The van der Waals surface area contributed by atoms with Crippen molar-refractivity contribution in [1.82, 2.24) is 0 Å². The second-order valence-corrected chi connectivity index (χ2v) is 6.92. The summed E-state index contributed by atoms with van der Waals surface area (Å²) in [6.45, 7) is 2.42. The van der Waals surface area contributed by atoms with E-state index in [1.165, 1.54) is 0 Å². The lowest BCUT2D eigenvalue weighted by Gasteiger charge is -2.20. The molecule has 0 aliphatic heterocycles. The minimum absolute atomic E-state index is 0.276. The van der Waals surface area contributed by atoms with Crippen molar-refractivity contribution in [3.05, 3.63) is 58.5 Å². The summed E-state index contributed by atoms with van der Waals surface area (Å²) >= 11 is 1.11. The summed E-state index contributed by atoms with van der Waals surface area (Å²) in [6.07, 6.45) is 0. The van der Waals surface area contributed by atoms with E-state index in [4.69, 9.17) is 10.5 Å². The fraction of sp³-hybridized carbons (Fsp3) is 0.200. The van der Waals surface area contributed by atoms with Crippen molar-refractivity contribution in [1.29, 1.82) is 5.26 Å². The molecule has 0 radical (unpaired) electrons. The number of nitrogen functional groups attached to an aromatic ring is 1. The molecule has 0 saturated heterocycles. The van der Waals surface area contributed by atoms with Gasteiger partial charge in [-0.25, -0.2) is 4.79 Å². The number of carbonyl (C=O) groups excluding carboxylic acids is 1. The van der Waals surface area contributed by atoms with Gasteiger partial charge in [-0.3, -0.25) is 0 Å². The van der Waals surface area contributed by atoms with E-state index in [1.54, 1.807) is 6.92 Å². The number of fused-ring (bicyclic) bond motifs is 1. The molecule has 6 heteroatoms. The highest BCUT2D eigenvalue weighted by Crippen LogP contribution is 2.33. The molecule has 3 aromatic rings. The van der Waals surface area contributed by atoms with Crippen LogP contribution in [0.25, 0.3) is 10.8 Å². The van der Waals surface area contributed by atoms with Crippen molar-refractivity contribution < 1.29 is 9.53 Å².